The maximum absolute atomic E-state index is 9.30. The summed E-state index contributed by atoms with van der Waals surface area (Å²) in [5, 5.41) is 9.30. The average Bonchev–Trinajstić information content (AvgIpc) is 2.43. The SMILES string of the molecule is CCC(CO)CN(C)c1ccc(OC)c(C(C)C)c1. The van der Waals surface area contributed by atoms with E-state index in [-0.39, 0.29) is 6.61 Å². The third-order valence-electron chi connectivity index (χ3n) is 3.64. The molecule has 19 heavy (non-hydrogen) atoms. The highest BCUT2D eigenvalue weighted by atomic mass is 16.5. The molecule has 0 amide bonds. The van der Waals surface area contributed by atoms with E-state index in [1.807, 2.05) is 6.07 Å². The van der Waals surface area contributed by atoms with E-state index in [4.69, 9.17) is 4.74 Å². The smallest absolute Gasteiger partial charge is 0.122 e. The van der Waals surface area contributed by atoms with Crippen LogP contribution in [-0.2, 0) is 0 Å². The van der Waals surface area contributed by atoms with E-state index in [2.05, 4.69) is 44.9 Å². The van der Waals surface area contributed by atoms with Gasteiger partial charge in [0.1, 0.15) is 5.75 Å². The van der Waals surface area contributed by atoms with E-state index in [0.717, 1.165) is 18.7 Å². The average molecular weight is 265 g/mol. The zero-order valence-corrected chi connectivity index (χ0v) is 12.8. The summed E-state index contributed by atoms with van der Waals surface area (Å²) < 4.78 is 5.41. The predicted octanol–water partition coefficient (Wildman–Crippen LogP) is 3.27. The van der Waals surface area contributed by atoms with Crippen molar-refractivity contribution < 1.29 is 9.84 Å². The first-order chi connectivity index (χ1) is 9.03. The zero-order valence-electron chi connectivity index (χ0n) is 12.8. The summed E-state index contributed by atoms with van der Waals surface area (Å²) in [5.41, 5.74) is 2.40. The summed E-state index contributed by atoms with van der Waals surface area (Å²) in [5.74, 6) is 1.71. The van der Waals surface area contributed by atoms with E-state index in [9.17, 15) is 5.11 Å². The number of rotatable bonds is 7. The number of aliphatic hydroxyl groups is 1. The van der Waals surface area contributed by atoms with E-state index >= 15 is 0 Å². The van der Waals surface area contributed by atoms with Crippen molar-refractivity contribution in [2.24, 2.45) is 5.92 Å². The number of nitrogens with zero attached hydrogens (tertiary/aromatic N) is 1. The Bertz CT molecular complexity index is 386. The van der Waals surface area contributed by atoms with Crippen LogP contribution in [-0.4, -0.2) is 32.4 Å². The molecule has 1 unspecified atom stereocenters. The first kappa shape index (κ1) is 15.8. The van der Waals surface area contributed by atoms with Gasteiger partial charge in [0.05, 0.1) is 7.11 Å². The first-order valence-electron chi connectivity index (χ1n) is 7.03. The second kappa shape index (κ2) is 7.39. The molecule has 108 valence electrons. The van der Waals surface area contributed by atoms with Gasteiger partial charge in [0.25, 0.3) is 0 Å². The summed E-state index contributed by atoms with van der Waals surface area (Å²) in [4.78, 5) is 2.20. The van der Waals surface area contributed by atoms with Gasteiger partial charge >= 0.3 is 0 Å². The Labute approximate surface area is 117 Å². The Morgan fingerprint density at radius 3 is 2.47 bits per heavy atom. The van der Waals surface area contributed by atoms with Gasteiger partial charge < -0.3 is 14.7 Å². The Hall–Kier alpha value is -1.22. The number of methoxy groups -OCH3 is 1. The number of anilines is 1. The van der Waals surface area contributed by atoms with Gasteiger partial charge in [-0.15, -0.1) is 0 Å². The van der Waals surface area contributed by atoms with Crippen LogP contribution in [0.4, 0.5) is 5.69 Å². The third kappa shape index (κ3) is 4.13. The van der Waals surface area contributed by atoms with Crippen LogP contribution in [0, 0.1) is 5.92 Å². The molecule has 1 rings (SSSR count). The summed E-state index contributed by atoms with van der Waals surface area (Å²) in [6.45, 7) is 7.57. The quantitative estimate of drug-likeness (QED) is 0.821. The molecule has 3 nitrogen and oxygen atoms in total. The first-order valence-corrected chi connectivity index (χ1v) is 7.03. The Morgan fingerprint density at radius 1 is 1.32 bits per heavy atom. The van der Waals surface area contributed by atoms with E-state index in [1.54, 1.807) is 7.11 Å². The normalized spacial score (nSPS) is 12.6. The third-order valence-corrected chi connectivity index (χ3v) is 3.64. The van der Waals surface area contributed by atoms with Crippen LogP contribution in [0.25, 0.3) is 0 Å². The molecule has 0 bridgehead atoms. The van der Waals surface area contributed by atoms with Crippen molar-refractivity contribution in [1.29, 1.82) is 0 Å². The molecule has 1 aromatic carbocycles. The van der Waals surface area contributed by atoms with Crippen molar-refractivity contribution in [1.82, 2.24) is 0 Å². The van der Waals surface area contributed by atoms with E-state index in [0.29, 0.717) is 11.8 Å². The van der Waals surface area contributed by atoms with Crippen molar-refractivity contribution in [2.75, 3.05) is 32.2 Å². The lowest BCUT2D eigenvalue weighted by Crippen LogP contribution is -2.27. The van der Waals surface area contributed by atoms with Gasteiger partial charge in [0.15, 0.2) is 0 Å². The number of aliphatic hydroxyl groups excluding tert-OH is 1. The van der Waals surface area contributed by atoms with E-state index < -0.39 is 0 Å². The van der Waals surface area contributed by atoms with E-state index in [1.165, 1.54) is 11.3 Å². The Balaban J connectivity index is 2.91. The highest BCUT2D eigenvalue weighted by Gasteiger charge is 2.13. The molecule has 0 heterocycles. The number of hydrogen-bond donors (Lipinski definition) is 1. The van der Waals surface area contributed by atoms with Gasteiger partial charge in [-0.3, -0.25) is 0 Å². The Kier molecular flexibility index (Phi) is 6.16. The van der Waals surface area contributed by atoms with Crippen molar-refractivity contribution in [3.05, 3.63) is 23.8 Å². The van der Waals surface area contributed by atoms with Gasteiger partial charge in [-0.05, 0) is 42.0 Å². The minimum atomic E-state index is 0.244. The second-order valence-electron chi connectivity index (χ2n) is 5.42. The van der Waals surface area contributed by atoms with Crippen molar-refractivity contribution in [2.45, 2.75) is 33.1 Å². The summed E-state index contributed by atoms with van der Waals surface area (Å²) in [7, 11) is 3.79. The lowest BCUT2D eigenvalue weighted by molar-refractivity contribution is 0.225. The minimum absolute atomic E-state index is 0.244. The molecule has 1 aromatic rings. The molecule has 0 saturated heterocycles. The van der Waals surface area contributed by atoms with Gasteiger partial charge in [-0.1, -0.05) is 20.8 Å². The highest BCUT2D eigenvalue weighted by molar-refractivity contribution is 5.53. The molecular weight excluding hydrogens is 238 g/mol. The molecule has 0 aliphatic rings. The van der Waals surface area contributed by atoms with Crippen molar-refractivity contribution >= 4 is 5.69 Å². The lowest BCUT2D eigenvalue weighted by Gasteiger charge is -2.25. The fourth-order valence-corrected chi connectivity index (χ4v) is 2.22. The molecule has 0 saturated carbocycles. The van der Waals surface area contributed by atoms with Crippen molar-refractivity contribution in [3.63, 3.8) is 0 Å². The van der Waals surface area contributed by atoms with Gasteiger partial charge in [0.2, 0.25) is 0 Å². The maximum Gasteiger partial charge on any atom is 0.122 e. The van der Waals surface area contributed by atoms with Gasteiger partial charge in [-0.25, -0.2) is 0 Å². The van der Waals surface area contributed by atoms with Crippen LogP contribution in [0.1, 0.15) is 38.7 Å². The summed E-state index contributed by atoms with van der Waals surface area (Å²) >= 11 is 0. The second-order valence-corrected chi connectivity index (χ2v) is 5.42. The monoisotopic (exact) mass is 265 g/mol. The van der Waals surface area contributed by atoms with Gasteiger partial charge in [0, 0.05) is 25.9 Å². The summed E-state index contributed by atoms with van der Waals surface area (Å²) in [6.07, 6.45) is 0.994. The number of benzene rings is 1. The van der Waals surface area contributed by atoms with Crippen LogP contribution < -0.4 is 9.64 Å². The van der Waals surface area contributed by atoms with Crippen LogP contribution in [0.15, 0.2) is 18.2 Å². The van der Waals surface area contributed by atoms with Crippen molar-refractivity contribution in [3.8, 4) is 5.75 Å². The number of hydrogen-bond acceptors (Lipinski definition) is 3. The number of ether oxygens (including phenoxy) is 1. The van der Waals surface area contributed by atoms with Gasteiger partial charge in [-0.2, -0.15) is 0 Å². The molecule has 0 aliphatic carbocycles. The maximum atomic E-state index is 9.30. The molecule has 0 aromatic heterocycles. The summed E-state index contributed by atoms with van der Waals surface area (Å²) in [6, 6.07) is 6.30. The fraction of sp³-hybridized carbons (Fsp3) is 0.625. The van der Waals surface area contributed by atoms with Crippen LogP contribution >= 0.6 is 0 Å². The zero-order chi connectivity index (χ0) is 14.4. The molecule has 3 heteroatoms. The molecule has 0 fully saturated rings. The molecular formula is C16H27NO2. The lowest BCUT2D eigenvalue weighted by atomic mass is 10.0. The standard InChI is InChI=1S/C16H27NO2/c1-6-13(11-18)10-17(4)14-7-8-16(19-5)15(9-14)12(2)3/h7-9,12-13,18H,6,10-11H2,1-5H3. The van der Waals surface area contributed by atoms with Crippen LogP contribution in [0.3, 0.4) is 0 Å². The predicted molar refractivity (Wildman–Crippen MR) is 81.2 cm³/mol. The van der Waals surface area contributed by atoms with Crippen LogP contribution in [0.5, 0.6) is 5.75 Å². The fourth-order valence-electron chi connectivity index (χ4n) is 2.22. The molecule has 0 spiro atoms. The molecule has 0 radical (unpaired) electrons. The van der Waals surface area contributed by atoms with Crippen LogP contribution in [0.2, 0.25) is 0 Å². The Morgan fingerprint density at radius 2 is 2.00 bits per heavy atom. The molecule has 1 N–H and O–H groups in total. The molecule has 1 atom stereocenters. The highest BCUT2D eigenvalue weighted by Crippen LogP contribution is 2.30. The minimum Gasteiger partial charge on any atom is -0.496 e. The topological polar surface area (TPSA) is 32.7 Å². The largest absolute Gasteiger partial charge is 0.496 e. The molecule has 0 aliphatic heterocycles.